The molecule has 3 nitrogen and oxygen atoms in total. The molecule has 2 unspecified atom stereocenters. The zero-order chi connectivity index (χ0) is 12.4. The molecule has 0 aromatic rings. The van der Waals surface area contributed by atoms with Gasteiger partial charge in [-0.3, -0.25) is 0 Å². The molecular weight excluding hydrogens is 204 g/mol. The highest BCUT2D eigenvalue weighted by atomic mass is 16.7. The number of hydrogen-bond donors (Lipinski definition) is 0. The summed E-state index contributed by atoms with van der Waals surface area (Å²) in [4.78, 5) is 0. The lowest BCUT2D eigenvalue weighted by atomic mass is 10.2. The summed E-state index contributed by atoms with van der Waals surface area (Å²) in [6.45, 7) is 10.4. The number of methoxy groups -OCH3 is 1. The van der Waals surface area contributed by atoms with Gasteiger partial charge in [0.2, 0.25) is 0 Å². The van der Waals surface area contributed by atoms with Crippen molar-refractivity contribution in [2.45, 2.75) is 58.5 Å². The molecule has 0 aromatic heterocycles. The van der Waals surface area contributed by atoms with E-state index in [1.165, 1.54) is 0 Å². The molecule has 16 heavy (non-hydrogen) atoms. The van der Waals surface area contributed by atoms with Crippen LogP contribution in [0.4, 0.5) is 0 Å². The molecule has 3 heteroatoms. The van der Waals surface area contributed by atoms with Crippen molar-refractivity contribution < 1.29 is 14.2 Å². The summed E-state index contributed by atoms with van der Waals surface area (Å²) < 4.78 is 16.6. The van der Waals surface area contributed by atoms with E-state index < -0.39 is 0 Å². The van der Waals surface area contributed by atoms with Crippen LogP contribution in [0, 0.1) is 0 Å². The molecule has 0 amide bonds. The van der Waals surface area contributed by atoms with E-state index in [2.05, 4.69) is 6.58 Å². The standard InChI is InChI=1S/C13H26O3/c1-6-7-8-9-15-13(16-11(2)3)10-12(4)14-5/h6,11-13H,1,7-10H2,2-5H3. The normalized spacial score (nSPS) is 15.1. The van der Waals surface area contributed by atoms with Gasteiger partial charge in [0, 0.05) is 13.5 Å². The largest absolute Gasteiger partial charge is 0.382 e. The fourth-order valence-electron chi connectivity index (χ4n) is 1.28. The van der Waals surface area contributed by atoms with Crippen molar-refractivity contribution in [2.24, 2.45) is 0 Å². The maximum absolute atomic E-state index is 5.68. The average Bonchev–Trinajstić information content (AvgIpc) is 2.23. The van der Waals surface area contributed by atoms with Gasteiger partial charge in [0.25, 0.3) is 0 Å². The maximum atomic E-state index is 5.68. The van der Waals surface area contributed by atoms with Gasteiger partial charge < -0.3 is 14.2 Å². The first-order chi connectivity index (χ1) is 7.60. The van der Waals surface area contributed by atoms with E-state index in [4.69, 9.17) is 14.2 Å². The molecule has 0 saturated heterocycles. The lowest BCUT2D eigenvalue weighted by Crippen LogP contribution is -2.26. The molecule has 0 saturated carbocycles. The molecule has 0 radical (unpaired) electrons. The molecule has 0 aromatic carbocycles. The second-order valence-corrected chi connectivity index (χ2v) is 4.20. The Bertz CT molecular complexity index is 169. The van der Waals surface area contributed by atoms with Crippen molar-refractivity contribution in [1.29, 1.82) is 0 Å². The second-order valence-electron chi connectivity index (χ2n) is 4.20. The minimum Gasteiger partial charge on any atom is -0.382 e. The summed E-state index contributed by atoms with van der Waals surface area (Å²) in [7, 11) is 1.70. The number of allylic oxidation sites excluding steroid dienone is 1. The Morgan fingerprint density at radius 2 is 1.94 bits per heavy atom. The zero-order valence-corrected chi connectivity index (χ0v) is 11.1. The third-order valence-corrected chi connectivity index (χ3v) is 2.21. The van der Waals surface area contributed by atoms with Crippen LogP contribution in [0.25, 0.3) is 0 Å². The third kappa shape index (κ3) is 8.89. The topological polar surface area (TPSA) is 27.7 Å². The molecule has 0 spiro atoms. The molecule has 2 atom stereocenters. The van der Waals surface area contributed by atoms with Crippen molar-refractivity contribution in [1.82, 2.24) is 0 Å². The van der Waals surface area contributed by atoms with Crippen LogP contribution in [0.2, 0.25) is 0 Å². The van der Waals surface area contributed by atoms with E-state index in [9.17, 15) is 0 Å². The number of rotatable bonds is 10. The van der Waals surface area contributed by atoms with Gasteiger partial charge in [0.1, 0.15) is 0 Å². The number of ether oxygens (including phenoxy) is 3. The molecule has 96 valence electrons. The van der Waals surface area contributed by atoms with E-state index in [0.717, 1.165) is 19.3 Å². The highest BCUT2D eigenvalue weighted by Crippen LogP contribution is 2.10. The summed E-state index contributed by atoms with van der Waals surface area (Å²) in [6, 6.07) is 0. The van der Waals surface area contributed by atoms with Crippen molar-refractivity contribution in [3.8, 4) is 0 Å². The van der Waals surface area contributed by atoms with Crippen LogP contribution in [0.15, 0.2) is 12.7 Å². The monoisotopic (exact) mass is 230 g/mol. The number of unbranched alkanes of at least 4 members (excludes halogenated alkanes) is 1. The van der Waals surface area contributed by atoms with Crippen LogP contribution in [0.5, 0.6) is 0 Å². The Hall–Kier alpha value is -0.380. The first-order valence-electron chi connectivity index (χ1n) is 6.00. The molecule has 0 bridgehead atoms. The molecule has 0 aliphatic rings. The van der Waals surface area contributed by atoms with Crippen molar-refractivity contribution in [3.63, 3.8) is 0 Å². The zero-order valence-electron chi connectivity index (χ0n) is 11.1. The van der Waals surface area contributed by atoms with Gasteiger partial charge in [-0.15, -0.1) is 6.58 Å². The van der Waals surface area contributed by atoms with Crippen LogP contribution in [0.3, 0.4) is 0 Å². The molecule has 0 aliphatic heterocycles. The summed E-state index contributed by atoms with van der Waals surface area (Å²) in [6.07, 6.45) is 4.80. The van der Waals surface area contributed by atoms with Crippen LogP contribution in [0.1, 0.15) is 40.0 Å². The Labute approximate surface area is 99.8 Å². The highest BCUT2D eigenvalue weighted by Gasteiger charge is 2.15. The summed E-state index contributed by atoms with van der Waals surface area (Å²) in [5.41, 5.74) is 0. The van der Waals surface area contributed by atoms with E-state index >= 15 is 0 Å². The molecule has 0 aliphatic carbocycles. The smallest absolute Gasteiger partial charge is 0.160 e. The summed E-state index contributed by atoms with van der Waals surface area (Å²) in [5.74, 6) is 0. The van der Waals surface area contributed by atoms with Crippen molar-refractivity contribution in [2.75, 3.05) is 13.7 Å². The highest BCUT2D eigenvalue weighted by molar-refractivity contribution is 4.65. The van der Waals surface area contributed by atoms with Crippen LogP contribution >= 0.6 is 0 Å². The second kappa shape index (κ2) is 9.82. The summed E-state index contributed by atoms with van der Waals surface area (Å²) >= 11 is 0. The number of hydrogen-bond acceptors (Lipinski definition) is 3. The molecular formula is C13H26O3. The van der Waals surface area contributed by atoms with E-state index in [-0.39, 0.29) is 18.5 Å². The quantitative estimate of drug-likeness (QED) is 0.328. The van der Waals surface area contributed by atoms with E-state index in [1.54, 1.807) is 7.11 Å². The lowest BCUT2D eigenvalue weighted by molar-refractivity contribution is -0.177. The van der Waals surface area contributed by atoms with Gasteiger partial charge >= 0.3 is 0 Å². The molecule has 0 rings (SSSR count). The van der Waals surface area contributed by atoms with Gasteiger partial charge in [-0.2, -0.15) is 0 Å². The lowest BCUT2D eigenvalue weighted by Gasteiger charge is -2.23. The predicted molar refractivity (Wildman–Crippen MR) is 66.5 cm³/mol. The predicted octanol–water partition coefficient (Wildman–Crippen LogP) is 3.15. The Morgan fingerprint density at radius 1 is 1.25 bits per heavy atom. The SMILES string of the molecule is C=CCCCOC(CC(C)OC)OC(C)C. The van der Waals surface area contributed by atoms with Gasteiger partial charge in [0.05, 0.1) is 18.8 Å². The Balaban J connectivity index is 3.85. The Kier molecular flexibility index (Phi) is 9.59. The summed E-state index contributed by atoms with van der Waals surface area (Å²) in [5, 5.41) is 0. The van der Waals surface area contributed by atoms with Crippen molar-refractivity contribution in [3.05, 3.63) is 12.7 Å². The molecule has 0 heterocycles. The fourth-order valence-corrected chi connectivity index (χ4v) is 1.28. The first kappa shape index (κ1) is 15.6. The third-order valence-electron chi connectivity index (χ3n) is 2.21. The van der Waals surface area contributed by atoms with Gasteiger partial charge in [-0.05, 0) is 33.6 Å². The van der Waals surface area contributed by atoms with E-state index in [0.29, 0.717) is 6.61 Å². The van der Waals surface area contributed by atoms with Gasteiger partial charge in [0.15, 0.2) is 6.29 Å². The Morgan fingerprint density at radius 3 is 2.44 bits per heavy atom. The average molecular weight is 230 g/mol. The fraction of sp³-hybridized carbons (Fsp3) is 0.846. The van der Waals surface area contributed by atoms with Crippen LogP contribution < -0.4 is 0 Å². The maximum Gasteiger partial charge on any atom is 0.160 e. The molecule has 0 fully saturated rings. The van der Waals surface area contributed by atoms with Crippen LogP contribution in [-0.2, 0) is 14.2 Å². The minimum absolute atomic E-state index is 0.156. The first-order valence-corrected chi connectivity index (χ1v) is 6.00. The van der Waals surface area contributed by atoms with E-state index in [1.807, 2.05) is 26.8 Å². The minimum atomic E-state index is -0.167. The van der Waals surface area contributed by atoms with Gasteiger partial charge in [-0.25, -0.2) is 0 Å². The van der Waals surface area contributed by atoms with Gasteiger partial charge in [-0.1, -0.05) is 6.08 Å². The van der Waals surface area contributed by atoms with Crippen molar-refractivity contribution >= 4 is 0 Å². The van der Waals surface area contributed by atoms with Crippen LogP contribution in [-0.4, -0.2) is 32.2 Å². The molecule has 0 N–H and O–H groups in total.